The third kappa shape index (κ3) is 4.07. The van der Waals surface area contributed by atoms with E-state index in [-0.39, 0.29) is 29.3 Å². The highest BCUT2D eigenvalue weighted by Crippen LogP contribution is 2.37. The minimum atomic E-state index is -0.870. The van der Waals surface area contributed by atoms with Gasteiger partial charge in [-0.05, 0) is 31.5 Å². The fourth-order valence-corrected chi connectivity index (χ4v) is 3.27. The smallest absolute Gasteiger partial charge is 0.341 e. The molecule has 1 amide bonds. The standard InChI is InChI=1S/C18H16FN3O3S/c1-3-25-18(24)15-14(11-4-6-12(19)7-5-11)9-26-17(15)22-10(2)13(8-20)16(21)23/h4-7,9,22H,3H2,1-2H3,(H2,21,23)/b13-10+. The predicted octanol–water partition coefficient (Wildman–Crippen LogP) is 3.43. The number of nitrogens with two attached hydrogens (primary N) is 1. The highest BCUT2D eigenvalue weighted by Gasteiger charge is 2.22. The number of thiophene rings is 1. The molecule has 0 bridgehead atoms. The van der Waals surface area contributed by atoms with Crippen molar-refractivity contribution < 1.29 is 18.7 Å². The lowest BCUT2D eigenvalue weighted by atomic mass is 10.0. The monoisotopic (exact) mass is 373 g/mol. The maximum Gasteiger partial charge on any atom is 0.341 e. The topological polar surface area (TPSA) is 105 Å². The molecule has 6 nitrogen and oxygen atoms in total. The molecule has 8 heteroatoms. The van der Waals surface area contributed by atoms with Crippen LogP contribution in [0.5, 0.6) is 0 Å². The average molecular weight is 373 g/mol. The lowest BCUT2D eigenvalue weighted by Crippen LogP contribution is -2.17. The molecule has 0 unspecified atom stereocenters. The SMILES string of the molecule is CCOC(=O)c1c(-c2ccc(F)cc2)csc1N/C(C)=C(\C#N)C(N)=O. The Morgan fingerprint density at radius 1 is 1.35 bits per heavy atom. The molecule has 0 atom stereocenters. The van der Waals surface area contributed by atoms with E-state index < -0.39 is 11.9 Å². The molecule has 134 valence electrons. The molecule has 3 N–H and O–H groups in total. The second-order valence-electron chi connectivity index (χ2n) is 5.18. The number of halogens is 1. The highest BCUT2D eigenvalue weighted by atomic mass is 32.1. The molecule has 1 aromatic heterocycles. The van der Waals surface area contributed by atoms with Gasteiger partial charge in [0.1, 0.15) is 28.0 Å². The van der Waals surface area contributed by atoms with Crippen molar-refractivity contribution in [3.8, 4) is 17.2 Å². The van der Waals surface area contributed by atoms with E-state index in [1.807, 2.05) is 0 Å². The van der Waals surface area contributed by atoms with E-state index in [1.165, 1.54) is 30.4 Å². The van der Waals surface area contributed by atoms with Gasteiger partial charge >= 0.3 is 5.97 Å². The molecule has 1 aromatic carbocycles. The maximum atomic E-state index is 13.2. The number of benzene rings is 1. The van der Waals surface area contributed by atoms with Gasteiger partial charge in [0.2, 0.25) is 0 Å². The lowest BCUT2D eigenvalue weighted by Gasteiger charge is -2.10. The summed E-state index contributed by atoms with van der Waals surface area (Å²) in [7, 11) is 0. The zero-order valence-electron chi connectivity index (χ0n) is 14.1. The molecule has 2 aromatic rings. The number of nitrogens with zero attached hydrogens (tertiary/aromatic N) is 1. The van der Waals surface area contributed by atoms with Crippen molar-refractivity contribution in [1.29, 1.82) is 5.26 Å². The molecule has 1 heterocycles. The number of amides is 1. The second kappa shape index (κ2) is 8.27. The van der Waals surface area contributed by atoms with Gasteiger partial charge in [-0.25, -0.2) is 9.18 Å². The summed E-state index contributed by atoms with van der Waals surface area (Å²) in [5.74, 6) is -1.83. The van der Waals surface area contributed by atoms with Crippen molar-refractivity contribution in [2.75, 3.05) is 11.9 Å². The van der Waals surface area contributed by atoms with E-state index >= 15 is 0 Å². The second-order valence-corrected chi connectivity index (χ2v) is 6.06. The molecule has 0 saturated heterocycles. The summed E-state index contributed by atoms with van der Waals surface area (Å²) in [5, 5.41) is 14.0. The van der Waals surface area contributed by atoms with Crippen LogP contribution >= 0.6 is 11.3 Å². The van der Waals surface area contributed by atoms with Crippen LogP contribution in [-0.4, -0.2) is 18.5 Å². The van der Waals surface area contributed by atoms with Crippen LogP contribution in [0, 0.1) is 17.1 Å². The van der Waals surface area contributed by atoms with Gasteiger partial charge in [-0.1, -0.05) is 12.1 Å². The average Bonchev–Trinajstić information content (AvgIpc) is 2.99. The summed E-state index contributed by atoms with van der Waals surface area (Å²) in [6.45, 7) is 3.37. The summed E-state index contributed by atoms with van der Waals surface area (Å²) in [6.07, 6.45) is 0. The largest absolute Gasteiger partial charge is 0.462 e. The molecule has 0 radical (unpaired) electrons. The van der Waals surface area contributed by atoms with Gasteiger partial charge in [-0.15, -0.1) is 11.3 Å². The van der Waals surface area contributed by atoms with Gasteiger partial charge in [0.05, 0.1) is 6.61 Å². The Morgan fingerprint density at radius 3 is 2.54 bits per heavy atom. The number of anilines is 1. The van der Waals surface area contributed by atoms with E-state index in [1.54, 1.807) is 30.5 Å². The van der Waals surface area contributed by atoms with Crippen LogP contribution in [0.25, 0.3) is 11.1 Å². The van der Waals surface area contributed by atoms with Crippen LogP contribution in [0.1, 0.15) is 24.2 Å². The predicted molar refractivity (Wildman–Crippen MR) is 96.8 cm³/mol. The number of nitrogens with one attached hydrogen (secondary N) is 1. The first-order valence-corrected chi connectivity index (χ1v) is 8.49. The third-order valence-corrected chi connectivity index (χ3v) is 4.36. The Hall–Kier alpha value is -3.18. The molecule has 0 aliphatic rings. The van der Waals surface area contributed by atoms with Gasteiger partial charge in [0.25, 0.3) is 5.91 Å². The molecule has 0 aliphatic heterocycles. The number of nitriles is 1. The highest BCUT2D eigenvalue weighted by molar-refractivity contribution is 7.15. The first-order valence-electron chi connectivity index (χ1n) is 7.61. The number of hydrogen-bond acceptors (Lipinski definition) is 6. The van der Waals surface area contributed by atoms with Crippen LogP contribution < -0.4 is 11.1 Å². The summed E-state index contributed by atoms with van der Waals surface area (Å²) in [4.78, 5) is 23.8. The molecule has 0 aliphatic carbocycles. The van der Waals surface area contributed by atoms with Crippen LogP contribution in [-0.2, 0) is 9.53 Å². The van der Waals surface area contributed by atoms with Crippen LogP contribution in [0.2, 0.25) is 0 Å². The number of hydrogen-bond donors (Lipinski definition) is 2. The Kier molecular flexibility index (Phi) is 6.09. The van der Waals surface area contributed by atoms with Crippen molar-refractivity contribution in [1.82, 2.24) is 0 Å². The van der Waals surface area contributed by atoms with Crippen molar-refractivity contribution in [3.05, 3.63) is 52.3 Å². The Bertz CT molecular complexity index is 911. The zero-order valence-corrected chi connectivity index (χ0v) is 14.9. The summed E-state index contributed by atoms with van der Waals surface area (Å²) in [6, 6.07) is 7.42. The number of primary amides is 1. The van der Waals surface area contributed by atoms with Crippen molar-refractivity contribution in [2.24, 2.45) is 5.73 Å². The van der Waals surface area contributed by atoms with E-state index in [0.717, 1.165) is 0 Å². The van der Waals surface area contributed by atoms with Crippen LogP contribution in [0.3, 0.4) is 0 Å². The van der Waals surface area contributed by atoms with E-state index in [0.29, 0.717) is 16.1 Å². The number of allylic oxidation sites excluding steroid dienone is 1. The summed E-state index contributed by atoms with van der Waals surface area (Å²) in [5.41, 5.74) is 6.59. The van der Waals surface area contributed by atoms with Gasteiger partial charge in [-0.3, -0.25) is 4.79 Å². The summed E-state index contributed by atoms with van der Waals surface area (Å²) < 4.78 is 18.3. The molecule has 26 heavy (non-hydrogen) atoms. The first-order chi connectivity index (χ1) is 12.4. The Labute approximate surface area is 153 Å². The first kappa shape index (κ1) is 19.1. The van der Waals surface area contributed by atoms with Gasteiger partial charge in [0, 0.05) is 16.6 Å². The minimum absolute atomic E-state index is 0.177. The van der Waals surface area contributed by atoms with Gasteiger partial charge < -0.3 is 15.8 Å². The van der Waals surface area contributed by atoms with E-state index in [2.05, 4.69) is 5.32 Å². The number of carbonyl (C=O) groups is 2. The fraction of sp³-hybridized carbons (Fsp3) is 0.167. The number of rotatable bonds is 6. The Balaban J connectivity index is 2.54. The Morgan fingerprint density at radius 2 is 2.00 bits per heavy atom. The molecule has 0 spiro atoms. The normalized spacial score (nSPS) is 11.3. The molecular weight excluding hydrogens is 357 g/mol. The maximum absolute atomic E-state index is 13.2. The van der Waals surface area contributed by atoms with Crippen molar-refractivity contribution >= 4 is 28.2 Å². The fourth-order valence-electron chi connectivity index (χ4n) is 2.25. The molecular formula is C18H16FN3O3S. The minimum Gasteiger partial charge on any atom is -0.462 e. The van der Waals surface area contributed by atoms with Gasteiger partial charge in [0.15, 0.2) is 0 Å². The van der Waals surface area contributed by atoms with Crippen molar-refractivity contribution in [3.63, 3.8) is 0 Å². The van der Waals surface area contributed by atoms with E-state index in [9.17, 15) is 14.0 Å². The lowest BCUT2D eigenvalue weighted by molar-refractivity contribution is -0.114. The van der Waals surface area contributed by atoms with Crippen LogP contribution in [0.4, 0.5) is 9.39 Å². The molecule has 0 saturated carbocycles. The van der Waals surface area contributed by atoms with E-state index in [4.69, 9.17) is 15.7 Å². The molecule has 2 rings (SSSR count). The number of ether oxygens (including phenoxy) is 1. The summed E-state index contributed by atoms with van der Waals surface area (Å²) >= 11 is 1.20. The van der Waals surface area contributed by atoms with Gasteiger partial charge in [-0.2, -0.15) is 5.26 Å². The van der Waals surface area contributed by atoms with Crippen LogP contribution in [0.15, 0.2) is 40.9 Å². The molecule has 0 fully saturated rings. The quantitative estimate of drug-likeness (QED) is 0.458. The number of esters is 1. The van der Waals surface area contributed by atoms with Crippen molar-refractivity contribution in [2.45, 2.75) is 13.8 Å². The third-order valence-electron chi connectivity index (χ3n) is 3.46. The zero-order chi connectivity index (χ0) is 19.3. The number of carbonyl (C=O) groups excluding carboxylic acids is 2.